The van der Waals surface area contributed by atoms with Gasteiger partial charge in [-0.3, -0.25) is 5.41 Å². The van der Waals surface area contributed by atoms with Crippen molar-refractivity contribution in [1.29, 1.82) is 5.41 Å². The molecule has 98 valence electrons. The number of hydrogen-bond donors (Lipinski definition) is 1. The molecule has 0 saturated carbocycles. The average molecular weight is 309 g/mol. The Balaban J connectivity index is 1.91. The molecule has 6 heteroatoms. The Labute approximate surface area is 120 Å². The van der Waals surface area contributed by atoms with Gasteiger partial charge in [0.15, 0.2) is 0 Å². The van der Waals surface area contributed by atoms with Gasteiger partial charge in [-0.15, -0.1) is 0 Å². The van der Waals surface area contributed by atoms with Crippen LogP contribution >= 0.6 is 34.8 Å². The van der Waals surface area contributed by atoms with Gasteiger partial charge in [-0.25, -0.2) is 0 Å². The summed E-state index contributed by atoms with van der Waals surface area (Å²) in [7, 11) is 0. The highest BCUT2D eigenvalue weighted by Gasteiger charge is 2.54. The van der Waals surface area contributed by atoms with E-state index >= 15 is 0 Å². The van der Waals surface area contributed by atoms with E-state index in [4.69, 9.17) is 49.7 Å². The van der Waals surface area contributed by atoms with Crippen molar-refractivity contribution in [2.24, 2.45) is 0 Å². The van der Waals surface area contributed by atoms with Gasteiger partial charge in [0.05, 0.1) is 0 Å². The van der Waals surface area contributed by atoms with Gasteiger partial charge in [-0.2, -0.15) is 0 Å². The van der Waals surface area contributed by atoms with Crippen LogP contribution in [0.15, 0.2) is 30.3 Å². The molecule has 1 saturated heterocycles. The van der Waals surface area contributed by atoms with Crippen LogP contribution in [0, 0.1) is 5.41 Å². The SMILES string of the molecule is C[C@]1(COC(=N)C(Cl)(Cl)Cl)O[C@H]1c1ccccc1. The standard InChI is InChI=1S/C12H12Cl3NO2/c1-11(7-17-10(16)12(13,14)15)9(18-11)8-5-3-2-4-6-8/h2-6,9,16H,7H2,1H3/t9-,11+/m0/s1. The third kappa shape index (κ3) is 3.09. The largest absolute Gasteiger partial charge is 0.475 e. The highest BCUT2D eigenvalue weighted by molar-refractivity contribution is 6.76. The zero-order chi connectivity index (χ0) is 13.4. The van der Waals surface area contributed by atoms with E-state index in [-0.39, 0.29) is 12.7 Å². The molecule has 0 radical (unpaired) electrons. The minimum absolute atomic E-state index is 0.0399. The third-order valence-electron chi connectivity index (χ3n) is 2.75. The summed E-state index contributed by atoms with van der Waals surface area (Å²) in [6, 6.07) is 9.80. The molecule has 0 aromatic heterocycles. The van der Waals surface area contributed by atoms with Gasteiger partial charge < -0.3 is 9.47 Å². The van der Waals surface area contributed by atoms with Gasteiger partial charge in [-0.1, -0.05) is 65.1 Å². The Morgan fingerprint density at radius 1 is 1.39 bits per heavy atom. The smallest absolute Gasteiger partial charge is 0.265 e. The molecule has 1 aromatic carbocycles. The fourth-order valence-electron chi connectivity index (χ4n) is 1.69. The predicted octanol–water partition coefficient (Wildman–Crippen LogP) is 3.88. The number of epoxide rings is 1. The lowest BCUT2D eigenvalue weighted by Crippen LogP contribution is -2.26. The number of nitrogens with one attached hydrogen (secondary N) is 1. The second-order valence-electron chi connectivity index (χ2n) is 4.34. The molecule has 0 spiro atoms. The molecule has 1 heterocycles. The second-order valence-corrected chi connectivity index (χ2v) is 6.62. The van der Waals surface area contributed by atoms with Crippen LogP contribution < -0.4 is 0 Å². The van der Waals surface area contributed by atoms with Crippen molar-refractivity contribution in [1.82, 2.24) is 0 Å². The topological polar surface area (TPSA) is 45.6 Å². The van der Waals surface area contributed by atoms with Crippen LogP contribution in [0.3, 0.4) is 0 Å². The fourth-order valence-corrected chi connectivity index (χ4v) is 1.85. The normalized spacial score (nSPS) is 26.8. The molecule has 18 heavy (non-hydrogen) atoms. The minimum Gasteiger partial charge on any atom is -0.475 e. The van der Waals surface area contributed by atoms with Crippen LogP contribution in [-0.2, 0) is 9.47 Å². The first-order chi connectivity index (χ1) is 8.33. The van der Waals surface area contributed by atoms with Crippen LogP contribution in [0.2, 0.25) is 0 Å². The minimum atomic E-state index is -1.83. The summed E-state index contributed by atoms with van der Waals surface area (Å²) in [5.74, 6) is -0.393. The number of halogens is 3. The summed E-state index contributed by atoms with van der Waals surface area (Å²) in [5, 5.41) is 7.44. The van der Waals surface area contributed by atoms with Gasteiger partial charge in [-0.05, 0) is 12.5 Å². The number of ether oxygens (including phenoxy) is 2. The lowest BCUT2D eigenvalue weighted by atomic mass is 10.0. The van der Waals surface area contributed by atoms with Gasteiger partial charge in [0.2, 0.25) is 5.90 Å². The van der Waals surface area contributed by atoms with Crippen molar-refractivity contribution < 1.29 is 9.47 Å². The summed E-state index contributed by atoms with van der Waals surface area (Å²) in [4.78, 5) is 0. The Morgan fingerprint density at radius 2 is 2.00 bits per heavy atom. The molecular weight excluding hydrogens is 296 g/mol. The van der Waals surface area contributed by atoms with Gasteiger partial charge in [0.25, 0.3) is 3.79 Å². The molecule has 2 rings (SSSR count). The quantitative estimate of drug-likeness (QED) is 0.398. The molecule has 1 aromatic rings. The lowest BCUT2D eigenvalue weighted by Gasteiger charge is -2.15. The maximum absolute atomic E-state index is 7.44. The van der Waals surface area contributed by atoms with E-state index in [2.05, 4.69) is 0 Å². The molecule has 3 nitrogen and oxygen atoms in total. The monoisotopic (exact) mass is 307 g/mol. The lowest BCUT2D eigenvalue weighted by molar-refractivity contribution is 0.189. The van der Waals surface area contributed by atoms with E-state index in [0.29, 0.717) is 0 Å². The Hall–Kier alpha value is -0.480. The number of hydrogen-bond acceptors (Lipinski definition) is 3. The van der Waals surface area contributed by atoms with E-state index in [1.807, 2.05) is 37.3 Å². The van der Waals surface area contributed by atoms with E-state index in [0.717, 1.165) is 5.56 Å². The fraction of sp³-hybridized carbons (Fsp3) is 0.417. The summed E-state index contributed by atoms with van der Waals surface area (Å²) < 4.78 is 8.92. The summed E-state index contributed by atoms with van der Waals surface area (Å²) in [6.07, 6.45) is -0.0399. The van der Waals surface area contributed by atoms with Crippen LogP contribution in [0.5, 0.6) is 0 Å². The number of rotatable bonds is 3. The summed E-state index contributed by atoms with van der Waals surface area (Å²) in [6.45, 7) is 2.08. The maximum Gasteiger partial charge on any atom is 0.265 e. The zero-order valence-electron chi connectivity index (χ0n) is 9.62. The number of alkyl halides is 3. The maximum atomic E-state index is 7.44. The molecular formula is C12H12Cl3NO2. The van der Waals surface area contributed by atoms with Crippen molar-refractivity contribution in [2.45, 2.75) is 22.4 Å². The molecule has 1 N–H and O–H groups in total. The van der Waals surface area contributed by atoms with Crippen molar-refractivity contribution in [3.63, 3.8) is 0 Å². The summed E-state index contributed by atoms with van der Waals surface area (Å²) in [5.41, 5.74) is 0.604. The second kappa shape index (κ2) is 4.89. The van der Waals surface area contributed by atoms with E-state index in [1.165, 1.54) is 0 Å². The average Bonchev–Trinajstić information content (AvgIpc) is 2.99. The predicted molar refractivity (Wildman–Crippen MR) is 72.6 cm³/mol. The van der Waals surface area contributed by atoms with E-state index < -0.39 is 15.3 Å². The van der Waals surface area contributed by atoms with Crippen LogP contribution in [0.4, 0.5) is 0 Å². The van der Waals surface area contributed by atoms with Gasteiger partial charge in [0, 0.05) is 0 Å². The van der Waals surface area contributed by atoms with Crippen LogP contribution in [-0.4, -0.2) is 21.9 Å². The summed E-state index contributed by atoms with van der Waals surface area (Å²) >= 11 is 16.6. The highest BCUT2D eigenvalue weighted by Crippen LogP contribution is 2.49. The third-order valence-corrected chi connectivity index (χ3v) is 3.26. The Kier molecular flexibility index (Phi) is 3.79. The van der Waals surface area contributed by atoms with Crippen LogP contribution in [0.1, 0.15) is 18.6 Å². The molecule has 1 fully saturated rings. The van der Waals surface area contributed by atoms with Crippen molar-refractivity contribution >= 4 is 40.7 Å². The molecule has 0 amide bonds. The van der Waals surface area contributed by atoms with Gasteiger partial charge in [0.1, 0.15) is 18.3 Å². The first-order valence-electron chi connectivity index (χ1n) is 5.34. The molecule has 0 bridgehead atoms. The van der Waals surface area contributed by atoms with Crippen molar-refractivity contribution in [3.8, 4) is 0 Å². The van der Waals surface area contributed by atoms with E-state index in [1.54, 1.807) is 0 Å². The van der Waals surface area contributed by atoms with Crippen molar-refractivity contribution in [3.05, 3.63) is 35.9 Å². The van der Waals surface area contributed by atoms with Gasteiger partial charge >= 0.3 is 0 Å². The Morgan fingerprint density at radius 3 is 2.56 bits per heavy atom. The van der Waals surface area contributed by atoms with Crippen molar-refractivity contribution in [2.75, 3.05) is 6.61 Å². The molecule has 0 unspecified atom stereocenters. The first kappa shape index (κ1) is 13.9. The first-order valence-corrected chi connectivity index (χ1v) is 6.48. The molecule has 2 atom stereocenters. The molecule has 1 aliphatic heterocycles. The van der Waals surface area contributed by atoms with Crippen LogP contribution in [0.25, 0.3) is 0 Å². The van der Waals surface area contributed by atoms with E-state index in [9.17, 15) is 0 Å². The molecule has 1 aliphatic rings. The zero-order valence-corrected chi connectivity index (χ0v) is 11.9. The highest BCUT2D eigenvalue weighted by atomic mass is 35.6. The molecule has 0 aliphatic carbocycles. The Bertz CT molecular complexity index is 446. The number of benzene rings is 1.